The van der Waals surface area contributed by atoms with Crippen molar-refractivity contribution in [2.24, 2.45) is 76.2 Å². The van der Waals surface area contributed by atoms with Gasteiger partial charge in [-0.1, -0.05) is 115 Å². The Kier molecular flexibility index (Phi) is 31.3. The van der Waals surface area contributed by atoms with Crippen LogP contribution in [-0.4, -0.2) is 205 Å². The van der Waals surface area contributed by atoms with Gasteiger partial charge in [-0.05, 0) is 174 Å². The van der Waals surface area contributed by atoms with Crippen molar-refractivity contribution in [3.63, 3.8) is 0 Å². The van der Waals surface area contributed by atoms with E-state index in [1.54, 1.807) is 119 Å². The van der Waals surface area contributed by atoms with Gasteiger partial charge in [0.1, 0.15) is 23.4 Å². The first kappa shape index (κ1) is 107. The number of terminal acetylenes is 4. The molecule has 0 saturated heterocycles. The number of guanidine groups is 6. The maximum atomic E-state index is 12.4. The number of ether oxygens (including phenoxy) is 1. The number of carbonyl (C=O) groups excluding carboxylic acids is 6. The van der Waals surface area contributed by atoms with E-state index in [1.807, 2.05) is 206 Å². The van der Waals surface area contributed by atoms with Crippen molar-refractivity contribution in [2.75, 3.05) is 48.9 Å². The van der Waals surface area contributed by atoms with E-state index in [0.29, 0.717) is 34.3 Å². The summed E-state index contributed by atoms with van der Waals surface area (Å²) in [5, 5.41) is 17.5. The average Bonchev–Trinajstić information content (AvgIpc) is 1.56. The van der Waals surface area contributed by atoms with E-state index in [0.717, 1.165) is 78.3 Å². The molecule has 38 heteroatoms. The van der Waals surface area contributed by atoms with Gasteiger partial charge in [0.15, 0.2) is 35.8 Å². The smallest absolute Gasteiger partial charge is 0.458 e. The number of carbonyl (C=O) groups is 6. The number of nitrogens with two attached hydrogens (primary N) is 6. The molecule has 1 unspecified atom stereocenters. The Morgan fingerprint density at radius 2 is 0.733 bits per heavy atom. The van der Waals surface area contributed by atoms with Crippen molar-refractivity contribution >= 4 is 71.2 Å². The summed E-state index contributed by atoms with van der Waals surface area (Å²) in [6.07, 6.45) is 37.9. The Bertz CT molecular complexity index is 7800. The van der Waals surface area contributed by atoms with Crippen molar-refractivity contribution in [2.45, 2.75) is 133 Å². The first-order chi connectivity index (χ1) is 71.2. The second kappa shape index (κ2) is 43.9. The summed E-state index contributed by atoms with van der Waals surface area (Å²) in [7, 11) is 9.69. The molecule has 12 N–H and O–H groups in total. The highest BCUT2D eigenvalue weighted by atomic mass is 19.4. The standard InChI is InChI=1S/C21H21N3O2.C20H21N5O.C18H16F3N5O.C18H19N5O.C18H17N5O.C17H17N5O/c1-4-11-26-18-10-6-8-16(13-18)15-7-5-9-17(12-15)21(2)14-19(25)24(3)20(22)23-21;1-20(11-18(26)24(2)19(21)23-20)16-12-22-25(13-16)17-5-3-4-15(10-17)9-8-14-6-7-14;1-17(9-15(27)25(2)16(22)24-17)13-10-23-26(11-13)14-5-3-4-12(8-14)6-7-18(19,20)21;1-5-13-7-6-8-15(9-13)23-11-14(10-20-23)18(3)12(2)16(24)22(4)17(19)21-18;1-4-12-6-5-7-13(8-12)14-10-20-11-15(21-14)18(2)9-16(24)23(3)17(19)22-18;1-4-12-6-5-7-14(8-12)22-11-13(10-19-22)17(2)9-15(23)21(3)16(18)20-17/h1,5-10,12-13H,11,14H2,2-3H3,(H2,22,23);3-5,10,12-14H,6-7,11H2,1-2H3,(H2,21,23);3-5,8,10-11H,9H2,1-2H3,(H2,22,24);1,6-12H,2-4H3,(H2,19,21);1,5-8,10-11H,9H2,2-3H3,(H2,19,22);1,5-8,10-11H,9H2,2-3H3,(H2,18,20)/t21-;20-;17-;12?,18-;18-;17-/m000000/s1. The lowest BCUT2D eigenvalue weighted by atomic mass is 9.81. The molecule has 6 aliphatic heterocycles. The van der Waals surface area contributed by atoms with Crippen molar-refractivity contribution in [3.8, 4) is 124 Å². The summed E-state index contributed by atoms with van der Waals surface area (Å²) in [4.78, 5) is 117. The van der Waals surface area contributed by atoms with Crippen LogP contribution in [0, 0.1) is 84.9 Å². The van der Waals surface area contributed by atoms with Gasteiger partial charge in [-0.15, -0.1) is 25.7 Å². The van der Waals surface area contributed by atoms with Crippen LogP contribution in [0.15, 0.2) is 262 Å². The van der Waals surface area contributed by atoms with Crippen molar-refractivity contribution in [1.82, 2.24) is 78.5 Å². The fraction of sp³-hybridized carbons (Fsp3) is 0.268. The van der Waals surface area contributed by atoms with Gasteiger partial charge in [-0.3, -0.25) is 63.2 Å². The molecule has 7 aliphatic rings. The Morgan fingerprint density at radius 1 is 0.387 bits per heavy atom. The van der Waals surface area contributed by atoms with Gasteiger partial charge in [0, 0.05) is 135 Å². The Balaban J connectivity index is 0.000000142. The van der Waals surface area contributed by atoms with E-state index in [1.165, 1.54) is 65.0 Å². The van der Waals surface area contributed by atoms with Gasteiger partial charge in [-0.25, -0.2) is 53.7 Å². The van der Waals surface area contributed by atoms with Crippen LogP contribution >= 0.6 is 0 Å². The van der Waals surface area contributed by atoms with E-state index >= 15 is 0 Å². The molecule has 5 aromatic heterocycles. The van der Waals surface area contributed by atoms with E-state index in [-0.39, 0.29) is 121 Å². The maximum absolute atomic E-state index is 12.4. The monoisotopic (exact) mass is 2020 g/mol. The number of hydrogen-bond donors (Lipinski definition) is 6. The second-order valence-corrected chi connectivity index (χ2v) is 37.7. The van der Waals surface area contributed by atoms with Crippen LogP contribution in [0.3, 0.4) is 0 Å². The first-order valence-electron chi connectivity index (χ1n) is 47.2. The number of rotatable bonds is 14. The molecule has 1 aliphatic carbocycles. The topological polar surface area (TPSA) is 458 Å². The van der Waals surface area contributed by atoms with Gasteiger partial charge in [0.2, 0.25) is 35.4 Å². The lowest BCUT2D eigenvalue weighted by Gasteiger charge is -2.37. The largest absolute Gasteiger partial charge is 0.481 e. The summed E-state index contributed by atoms with van der Waals surface area (Å²) < 4.78 is 49.0. The third-order valence-corrected chi connectivity index (χ3v) is 26.5. The zero-order valence-electron chi connectivity index (χ0n) is 84.9. The molecule has 1 saturated carbocycles. The van der Waals surface area contributed by atoms with Crippen molar-refractivity contribution < 1.29 is 46.7 Å². The van der Waals surface area contributed by atoms with E-state index in [2.05, 4.69) is 102 Å². The second-order valence-electron chi connectivity index (χ2n) is 37.7. The summed E-state index contributed by atoms with van der Waals surface area (Å²) >= 11 is 0. The highest BCUT2D eigenvalue weighted by Gasteiger charge is 2.46. The molecular formula is C112H111F3N28O7. The van der Waals surface area contributed by atoms with Gasteiger partial charge in [-0.2, -0.15) is 33.6 Å². The summed E-state index contributed by atoms with van der Waals surface area (Å²) in [6, 6.07) is 52.5. The molecule has 7 atom stereocenters. The molecule has 0 bridgehead atoms. The third-order valence-electron chi connectivity index (χ3n) is 26.5. The van der Waals surface area contributed by atoms with Crippen LogP contribution < -0.4 is 39.1 Å². The number of halogens is 3. The predicted octanol–water partition coefficient (Wildman–Crippen LogP) is 11.2. The zero-order valence-corrected chi connectivity index (χ0v) is 84.9. The summed E-state index contributed by atoms with van der Waals surface area (Å²) in [6.45, 7) is 13.3. The summed E-state index contributed by atoms with van der Waals surface area (Å²) in [5.74, 6) is 21.7. The Morgan fingerprint density at radius 3 is 1.15 bits per heavy atom. The molecule has 19 rings (SSSR count). The lowest BCUT2D eigenvalue weighted by Crippen LogP contribution is -2.52. The van der Waals surface area contributed by atoms with Gasteiger partial charge in [0.25, 0.3) is 0 Å². The number of benzene rings is 7. The lowest BCUT2D eigenvalue weighted by molar-refractivity contribution is -0.133. The number of amides is 6. The van der Waals surface area contributed by atoms with Crippen molar-refractivity contribution in [1.29, 1.82) is 0 Å². The molecule has 7 aromatic carbocycles. The van der Waals surface area contributed by atoms with Gasteiger partial charge in [0.05, 0.1) is 131 Å². The van der Waals surface area contributed by atoms with E-state index in [9.17, 15) is 41.9 Å². The summed E-state index contributed by atoms with van der Waals surface area (Å²) in [5.41, 5.74) is 45.6. The highest BCUT2D eigenvalue weighted by Crippen LogP contribution is 2.42. The van der Waals surface area contributed by atoms with Crippen LogP contribution in [0.4, 0.5) is 13.2 Å². The normalized spacial score (nSPS) is 21.2. The van der Waals surface area contributed by atoms with Crippen molar-refractivity contribution in [3.05, 3.63) is 293 Å². The fourth-order valence-corrected chi connectivity index (χ4v) is 16.6. The minimum atomic E-state index is -4.55. The van der Waals surface area contributed by atoms with Crippen LogP contribution in [0.5, 0.6) is 5.75 Å². The molecule has 12 aromatic rings. The molecule has 0 radical (unpaired) electrons. The number of nitrogens with zero attached hydrogens (tertiary/aromatic N) is 22. The molecule has 11 heterocycles. The molecule has 762 valence electrons. The van der Waals surface area contributed by atoms with E-state index < -0.39 is 39.4 Å². The quantitative estimate of drug-likeness (QED) is 0.0551. The minimum Gasteiger partial charge on any atom is -0.481 e. The zero-order chi connectivity index (χ0) is 108. The average molecular weight is 2020 g/mol. The SMILES string of the molecule is C#CCOc1cccc(-c2cccc([C@]3(C)CC(=O)N(C)C(N)=N3)c2)c1.C#Cc1cccc(-c2cncc([C@]3(C)CC(=O)N(C)C(N)=N3)n2)c1.C#Cc1cccc(-n2cc([C@@]3(C)N=C(N)N(C)C(=O)C3C)cn2)c1.C#Cc1cccc(-n2cc([C@]3(C)CC(=O)N(C)C(N)=N3)cn2)c1.CN1C(=O)C[C@@](C)(c2cnn(-c3cccc(C#CC(F)(F)F)c3)c2)N=C1N.CN1C(=O)C[C@@](C)(c2cnn(-c3cccc(C#CC4CC4)c3)c2)N=C1N. The molecule has 35 nitrogen and oxygen atoms in total. The maximum Gasteiger partial charge on any atom is 0.458 e. The van der Waals surface area contributed by atoms with Crippen LogP contribution in [0.25, 0.3) is 45.1 Å². The number of hydrogen-bond acceptors (Lipinski definition) is 25. The predicted molar refractivity (Wildman–Crippen MR) is 567 cm³/mol. The minimum absolute atomic E-state index is 0.0462. The van der Waals surface area contributed by atoms with Gasteiger partial charge < -0.3 is 39.1 Å². The Labute approximate surface area is 866 Å². The molecule has 0 spiro atoms. The molecule has 6 amide bonds. The third kappa shape index (κ3) is 24.5. The highest BCUT2D eigenvalue weighted by molar-refractivity contribution is 6.03. The molecule has 150 heavy (non-hydrogen) atoms. The molecule has 1 fully saturated rings. The van der Waals surface area contributed by atoms with E-state index in [4.69, 9.17) is 64.8 Å². The van der Waals surface area contributed by atoms with Crippen LogP contribution in [-0.2, 0) is 62.0 Å². The number of aliphatic imine (C=N–C) groups is 6. The van der Waals surface area contributed by atoms with Crippen LogP contribution in [0.1, 0.15) is 155 Å². The fourth-order valence-electron chi connectivity index (χ4n) is 16.6. The number of aromatic nitrogens is 10. The first-order valence-corrected chi connectivity index (χ1v) is 47.2. The molecular weight excluding hydrogens is 1910 g/mol. The van der Waals surface area contributed by atoms with Gasteiger partial charge >= 0.3 is 6.18 Å². The number of alkyl halides is 3. The Hall–Kier alpha value is -18.9. The van der Waals surface area contributed by atoms with Crippen LogP contribution in [0.2, 0.25) is 0 Å².